The number of carbonyl (C=O) groups excluding carboxylic acids is 1. The number of rotatable bonds is 7. The summed E-state index contributed by atoms with van der Waals surface area (Å²) in [6, 6.07) is 15.2. The predicted octanol–water partition coefficient (Wildman–Crippen LogP) is 2.45. The Bertz CT molecular complexity index is 1330. The lowest BCUT2D eigenvalue weighted by Gasteiger charge is -2.26. The Kier molecular flexibility index (Phi) is 5.98. The minimum absolute atomic E-state index is 0.0518. The first kappa shape index (κ1) is 22.7. The molecule has 9 nitrogen and oxygen atoms in total. The van der Waals surface area contributed by atoms with E-state index in [0.717, 1.165) is 22.2 Å². The first-order valence-corrected chi connectivity index (χ1v) is 12.5. The average Bonchev–Trinajstić information content (AvgIpc) is 3.44. The van der Waals surface area contributed by atoms with E-state index in [4.69, 9.17) is 14.7 Å². The number of amides is 1. The lowest BCUT2D eigenvalue weighted by atomic mass is 9.84. The molecule has 1 amide bonds. The van der Waals surface area contributed by atoms with Gasteiger partial charge in [-0.2, -0.15) is 0 Å². The zero-order valence-corrected chi connectivity index (χ0v) is 19.3. The smallest absolute Gasteiger partial charge is 0.250 e. The second kappa shape index (κ2) is 8.95. The summed E-state index contributed by atoms with van der Waals surface area (Å²) in [4.78, 5) is 16.7. The maximum atomic E-state index is 13.0. The van der Waals surface area contributed by atoms with Gasteiger partial charge in [0.2, 0.25) is 10.0 Å². The van der Waals surface area contributed by atoms with Crippen molar-refractivity contribution in [3.63, 3.8) is 0 Å². The predicted molar refractivity (Wildman–Crippen MR) is 123 cm³/mol. The lowest BCUT2D eigenvalue weighted by Crippen LogP contribution is -2.51. The van der Waals surface area contributed by atoms with Crippen molar-refractivity contribution >= 4 is 26.8 Å². The number of aryl methyl sites for hydroxylation is 1. The van der Waals surface area contributed by atoms with Gasteiger partial charge in [0.1, 0.15) is 12.4 Å². The molecule has 4 atom stereocenters. The summed E-state index contributed by atoms with van der Waals surface area (Å²) in [5.41, 5.74) is 4.40. The molecule has 1 aromatic heterocycles. The quantitative estimate of drug-likeness (QED) is 0.348. The molecule has 2 fully saturated rings. The highest BCUT2D eigenvalue weighted by molar-refractivity contribution is 7.89. The minimum Gasteiger partial charge on any atom is -0.489 e. The number of nitrogens with zero attached hydrogens (tertiary/aromatic N) is 1. The van der Waals surface area contributed by atoms with Crippen LogP contribution in [0.3, 0.4) is 0 Å². The van der Waals surface area contributed by atoms with Crippen LogP contribution in [0.4, 0.5) is 0 Å². The van der Waals surface area contributed by atoms with Gasteiger partial charge in [-0.1, -0.05) is 18.2 Å². The molecule has 34 heavy (non-hydrogen) atoms. The van der Waals surface area contributed by atoms with Crippen LogP contribution in [-0.2, 0) is 26.2 Å². The Labute approximate surface area is 197 Å². The number of sulfonamides is 1. The molecule has 2 aliphatic heterocycles. The van der Waals surface area contributed by atoms with Crippen molar-refractivity contribution in [3.05, 3.63) is 65.9 Å². The molecule has 178 valence electrons. The molecule has 2 aromatic carbocycles. The fraction of sp³-hybridized carbons (Fsp3) is 0.333. The molecule has 2 bridgehead atoms. The standard InChI is InChI=1S/C24H25N3O6S/c1-14-12-15(18-4-2-3-5-19(18)25-14)13-32-16-6-8-17(9-7-16)34(30,31)27-23-21-11-10-20(33-21)22(23)24(28)26-29/h2-9,12,20-23,27,29H,10-11,13H2,1H3,(H,26,28). The van der Waals surface area contributed by atoms with Crippen molar-refractivity contribution in [2.24, 2.45) is 5.92 Å². The second-order valence-corrected chi connectivity index (χ2v) is 10.4. The molecule has 0 aliphatic carbocycles. The zero-order chi connectivity index (χ0) is 23.9. The van der Waals surface area contributed by atoms with Gasteiger partial charge in [-0.25, -0.2) is 18.6 Å². The van der Waals surface area contributed by atoms with Crippen molar-refractivity contribution in [2.75, 3.05) is 0 Å². The number of hydrogen-bond acceptors (Lipinski definition) is 7. The number of hydrogen-bond donors (Lipinski definition) is 3. The monoisotopic (exact) mass is 483 g/mol. The first-order chi connectivity index (χ1) is 16.4. The third-order valence-electron chi connectivity index (χ3n) is 6.44. The van der Waals surface area contributed by atoms with Gasteiger partial charge < -0.3 is 9.47 Å². The number of fused-ring (bicyclic) bond motifs is 3. The van der Waals surface area contributed by atoms with Gasteiger partial charge in [-0.15, -0.1) is 0 Å². The van der Waals surface area contributed by atoms with Crippen LogP contribution in [0.25, 0.3) is 10.9 Å². The maximum absolute atomic E-state index is 13.0. The van der Waals surface area contributed by atoms with E-state index < -0.39 is 40.1 Å². The topological polar surface area (TPSA) is 127 Å². The summed E-state index contributed by atoms with van der Waals surface area (Å²) < 4.78 is 40.2. The number of pyridine rings is 1. The van der Waals surface area contributed by atoms with E-state index in [1.807, 2.05) is 37.3 Å². The molecule has 10 heteroatoms. The summed E-state index contributed by atoms with van der Waals surface area (Å²) >= 11 is 0. The molecule has 3 N–H and O–H groups in total. The molecule has 0 spiro atoms. The number of carbonyl (C=O) groups is 1. The zero-order valence-electron chi connectivity index (χ0n) is 18.5. The first-order valence-electron chi connectivity index (χ1n) is 11.1. The molecular formula is C24H25N3O6S. The third-order valence-corrected chi connectivity index (χ3v) is 7.91. The molecule has 4 unspecified atom stereocenters. The molecule has 3 aromatic rings. The molecule has 2 saturated heterocycles. The number of hydroxylamine groups is 1. The normalized spacial score (nSPS) is 23.8. The van der Waals surface area contributed by atoms with E-state index in [1.54, 1.807) is 17.6 Å². The van der Waals surface area contributed by atoms with Crippen LogP contribution < -0.4 is 14.9 Å². The van der Waals surface area contributed by atoms with Crippen LogP contribution in [0.2, 0.25) is 0 Å². The molecule has 3 heterocycles. The van der Waals surface area contributed by atoms with Crippen LogP contribution in [0.1, 0.15) is 24.1 Å². The van der Waals surface area contributed by atoms with Crippen molar-refractivity contribution in [1.29, 1.82) is 0 Å². The van der Waals surface area contributed by atoms with Crippen LogP contribution in [-0.4, -0.2) is 42.8 Å². The van der Waals surface area contributed by atoms with E-state index in [0.29, 0.717) is 25.2 Å². The Morgan fingerprint density at radius 2 is 1.88 bits per heavy atom. The molecule has 0 saturated carbocycles. The number of aromatic nitrogens is 1. The summed E-state index contributed by atoms with van der Waals surface area (Å²) in [6.07, 6.45) is 0.499. The van der Waals surface area contributed by atoms with Gasteiger partial charge in [0, 0.05) is 16.6 Å². The van der Waals surface area contributed by atoms with Gasteiger partial charge in [-0.05, 0) is 56.2 Å². The SMILES string of the molecule is Cc1cc(COc2ccc(S(=O)(=O)NC3C4CCC(O4)C3C(=O)NO)cc2)c2ccccc2n1. The minimum atomic E-state index is -3.91. The lowest BCUT2D eigenvalue weighted by molar-refractivity contribution is -0.135. The van der Waals surface area contributed by atoms with Gasteiger partial charge in [0.05, 0.1) is 34.6 Å². The summed E-state index contributed by atoms with van der Waals surface area (Å²) in [6.45, 7) is 2.24. The van der Waals surface area contributed by atoms with E-state index in [2.05, 4.69) is 9.71 Å². The average molecular weight is 484 g/mol. The number of benzene rings is 2. The summed E-state index contributed by atoms with van der Waals surface area (Å²) in [7, 11) is -3.91. The summed E-state index contributed by atoms with van der Waals surface area (Å²) in [5.74, 6) is -0.902. The summed E-state index contributed by atoms with van der Waals surface area (Å²) in [5, 5.41) is 10.0. The molecular weight excluding hydrogens is 458 g/mol. The van der Waals surface area contributed by atoms with E-state index >= 15 is 0 Å². The highest BCUT2D eigenvalue weighted by Crippen LogP contribution is 2.40. The second-order valence-electron chi connectivity index (χ2n) is 8.64. The number of para-hydroxylation sites is 1. The van der Waals surface area contributed by atoms with Crippen molar-refractivity contribution in [1.82, 2.24) is 15.2 Å². The fourth-order valence-corrected chi connectivity index (χ4v) is 6.16. The largest absolute Gasteiger partial charge is 0.489 e. The van der Waals surface area contributed by atoms with Gasteiger partial charge >= 0.3 is 0 Å². The molecule has 2 aliphatic rings. The van der Waals surface area contributed by atoms with Crippen molar-refractivity contribution in [2.45, 2.75) is 49.5 Å². The number of ether oxygens (including phenoxy) is 2. The molecule has 5 rings (SSSR count). The Hall–Kier alpha value is -3.05. The van der Waals surface area contributed by atoms with Crippen molar-refractivity contribution in [3.8, 4) is 5.75 Å². The highest BCUT2D eigenvalue weighted by atomic mass is 32.2. The van der Waals surface area contributed by atoms with Crippen LogP contribution in [0.5, 0.6) is 5.75 Å². The number of nitrogens with one attached hydrogen (secondary N) is 2. The van der Waals surface area contributed by atoms with Crippen LogP contribution >= 0.6 is 0 Å². The Morgan fingerprint density at radius 1 is 1.15 bits per heavy atom. The fourth-order valence-electron chi connectivity index (χ4n) is 4.87. The maximum Gasteiger partial charge on any atom is 0.250 e. The van der Waals surface area contributed by atoms with Gasteiger partial charge in [-0.3, -0.25) is 15.0 Å². The van der Waals surface area contributed by atoms with E-state index in [1.165, 1.54) is 12.1 Å². The van der Waals surface area contributed by atoms with E-state index in [9.17, 15) is 13.2 Å². The Morgan fingerprint density at radius 3 is 2.65 bits per heavy atom. The van der Waals surface area contributed by atoms with Crippen LogP contribution in [0.15, 0.2) is 59.5 Å². The third kappa shape index (κ3) is 4.25. The van der Waals surface area contributed by atoms with Gasteiger partial charge in [0.15, 0.2) is 0 Å². The van der Waals surface area contributed by atoms with Crippen LogP contribution in [0, 0.1) is 12.8 Å². The van der Waals surface area contributed by atoms with Crippen molar-refractivity contribution < 1.29 is 27.9 Å². The highest BCUT2D eigenvalue weighted by Gasteiger charge is 2.53. The Balaban J connectivity index is 1.29. The van der Waals surface area contributed by atoms with Gasteiger partial charge in [0.25, 0.3) is 5.91 Å². The van der Waals surface area contributed by atoms with E-state index in [-0.39, 0.29) is 4.90 Å². The molecule has 0 radical (unpaired) electrons.